The number of carbonyl (C=O) groups excluding carboxylic acids is 1. The SMILES string of the molecule is CCOC(=O)C1(CC(C)C)C=c2c(OCc3ccccc3)cccc2=N1. The molecule has 0 aliphatic carbocycles. The maximum atomic E-state index is 12.7. The predicted molar refractivity (Wildman–Crippen MR) is 101 cm³/mol. The largest absolute Gasteiger partial charge is 0.488 e. The van der Waals surface area contributed by atoms with Gasteiger partial charge in [-0.2, -0.15) is 0 Å². The third-order valence-electron chi connectivity index (χ3n) is 4.33. The van der Waals surface area contributed by atoms with Crippen molar-refractivity contribution in [1.29, 1.82) is 0 Å². The van der Waals surface area contributed by atoms with Gasteiger partial charge in [0.1, 0.15) is 12.4 Å². The molecule has 1 atom stereocenters. The molecule has 0 radical (unpaired) electrons. The maximum Gasteiger partial charge on any atom is 0.338 e. The van der Waals surface area contributed by atoms with Gasteiger partial charge >= 0.3 is 5.97 Å². The summed E-state index contributed by atoms with van der Waals surface area (Å²) >= 11 is 0. The van der Waals surface area contributed by atoms with Crippen LogP contribution in [0.25, 0.3) is 6.08 Å². The van der Waals surface area contributed by atoms with Crippen molar-refractivity contribution < 1.29 is 14.3 Å². The van der Waals surface area contributed by atoms with Crippen LogP contribution in [0.3, 0.4) is 0 Å². The standard InChI is InChI=1S/C22H25NO3/c1-4-25-21(24)22(13-16(2)3)14-18-19(23-22)11-8-12-20(18)26-15-17-9-6-5-7-10-17/h5-12,14,16H,4,13,15H2,1-3H3. The monoisotopic (exact) mass is 351 g/mol. The molecule has 0 aromatic heterocycles. The number of hydrogen-bond donors (Lipinski definition) is 0. The summed E-state index contributed by atoms with van der Waals surface area (Å²) in [6.07, 6.45) is 2.53. The second-order valence-corrected chi connectivity index (χ2v) is 6.96. The van der Waals surface area contributed by atoms with Gasteiger partial charge in [0.25, 0.3) is 0 Å². The summed E-state index contributed by atoms with van der Waals surface area (Å²) in [5.41, 5.74) is 0.137. The van der Waals surface area contributed by atoms with Crippen LogP contribution >= 0.6 is 0 Å². The molecule has 1 aliphatic rings. The quantitative estimate of drug-likeness (QED) is 0.721. The van der Waals surface area contributed by atoms with E-state index in [4.69, 9.17) is 14.5 Å². The fourth-order valence-electron chi connectivity index (χ4n) is 3.29. The Labute approximate surface area is 154 Å². The van der Waals surface area contributed by atoms with E-state index in [0.29, 0.717) is 25.6 Å². The van der Waals surface area contributed by atoms with Gasteiger partial charge in [0.2, 0.25) is 0 Å². The van der Waals surface area contributed by atoms with Crippen molar-refractivity contribution >= 4 is 12.0 Å². The number of fused-ring (bicyclic) bond motifs is 1. The minimum atomic E-state index is -0.960. The molecule has 0 saturated carbocycles. The van der Waals surface area contributed by atoms with Gasteiger partial charge < -0.3 is 9.47 Å². The summed E-state index contributed by atoms with van der Waals surface area (Å²) in [5, 5.41) is 1.65. The van der Waals surface area contributed by atoms with E-state index in [1.54, 1.807) is 0 Å². The fraction of sp³-hybridized carbons (Fsp3) is 0.364. The van der Waals surface area contributed by atoms with E-state index in [1.165, 1.54) is 0 Å². The molecule has 0 saturated heterocycles. The highest BCUT2D eigenvalue weighted by atomic mass is 16.5. The molecule has 0 spiro atoms. The highest BCUT2D eigenvalue weighted by Crippen LogP contribution is 2.27. The number of rotatable bonds is 7. The van der Waals surface area contributed by atoms with Crippen molar-refractivity contribution in [3.05, 3.63) is 64.7 Å². The van der Waals surface area contributed by atoms with Crippen LogP contribution in [-0.2, 0) is 16.1 Å². The highest BCUT2D eigenvalue weighted by molar-refractivity contribution is 5.90. The molecule has 0 fully saturated rings. The van der Waals surface area contributed by atoms with Crippen LogP contribution in [-0.4, -0.2) is 18.1 Å². The first-order valence-electron chi connectivity index (χ1n) is 9.10. The Kier molecular flexibility index (Phi) is 5.40. The van der Waals surface area contributed by atoms with E-state index in [1.807, 2.05) is 61.5 Å². The zero-order valence-corrected chi connectivity index (χ0v) is 15.6. The summed E-state index contributed by atoms with van der Waals surface area (Å²) in [6, 6.07) is 15.8. The number of nitrogens with zero attached hydrogens (tertiary/aromatic N) is 1. The van der Waals surface area contributed by atoms with Crippen molar-refractivity contribution in [2.75, 3.05) is 6.61 Å². The third kappa shape index (κ3) is 3.79. The first-order chi connectivity index (χ1) is 12.5. The van der Waals surface area contributed by atoms with Crippen molar-refractivity contribution in [2.45, 2.75) is 39.3 Å². The van der Waals surface area contributed by atoms with Crippen LogP contribution in [0.4, 0.5) is 0 Å². The minimum Gasteiger partial charge on any atom is -0.488 e. The van der Waals surface area contributed by atoms with Crippen molar-refractivity contribution in [2.24, 2.45) is 10.9 Å². The molecule has 4 nitrogen and oxygen atoms in total. The lowest BCUT2D eigenvalue weighted by atomic mass is 9.89. The Bertz CT molecular complexity index is 889. The van der Waals surface area contributed by atoms with Gasteiger partial charge in [-0.15, -0.1) is 0 Å². The van der Waals surface area contributed by atoms with Gasteiger partial charge in [0.15, 0.2) is 5.54 Å². The van der Waals surface area contributed by atoms with Crippen LogP contribution in [0.15, 0.2) is 53.5 Å². The van der Waals surface area contributed by atoms with Crippen molar-refractivity contribution in [3.63, 3.8) is 0 Å². The molecule has 1 heterocycles. The second-order valence-electron chi connectivity index (χ2n) is 6.96. The molecule has 0 amide bonds. The Morgan fingerprint density at radius 2 is 1.88 bits per heavy atom. The van der Waals surface area contributed by atoms with E-state index in [-0.39, 0.29) is 5.97 Å². The van der Waals surface area contributed by atoms with Crippen molar-refractivity contribution in [1.82, 2.24) is 0 Å². The average Bonchev–Trinajstić information content (AvgIpc) is 3.00. The first-order valence-corrected chi connectivity index (χ1v) is 9.10. The molecule has 26 heavy (non-hydrogen) atoms. The van der Waals surface area contributed by atoms with Gasteiger partial charge in [-0.1, -0.05) is 50.2 Å². The van der Waals surface area contributed by atoms with Crippen LogP contribution in [0.1, 0.15) is 32.8 Å². The smallest absolute Gasteiger partial charge is 0.338 e. The molecule has 2 aromatic rings. The van der Waals surface area contributed by atoms with Crippen LogP contribution in [0, 0.1) is 5.92 Å². The second kappa shape index (κ2) is 7.73. The number of benzene rings is 2. The minimum absolute atomic E-state index is 0.293. The molecule has 1 unspecified atom stereocenters. The Morgan fingerprint density at radius 3 is 2.58 bits per heavy atom. The number of hydrogen-bond acceptors (Lipinski definition) is 4. The lowest BCUT2D eigenvalue weighted by Crippen LogP contribution is -2.37. The normalized spacial score (nSPS) is 18.0. The molecular formula is C22H25NO3. The van der Waals surface area contributed by atoms with Crippen molar-refractivity contribution in [3.8, 4) is 5.75 Å². The zero-order chi connectivity index (χ0) is 18.6. The lowest BCUT2D eigenvalue weighted by molar-refractivity contribution is -0.147. The predicted octanol–water partition coefficient (Wildman–Crippen LogP) is 3.03. The van der Waals surface area contributed by atoms with E-state index >= 15 is 0 Å². The number of esters is 1. The third-order valence-corrected chi connectivity index (χ3v) is 4.33. The Morgan fingerprint density at radius 1 is 1.12 bits per heavy atom. The Hall–Kier alpha value is -2.62. The molecule has 136 valence electrons. The Balaban J connectivity index is 1.95. The summed E-state index contributed by atoms with van der Waals surface area (Å²) in [7, 11) is 0. The summed E-state index contributed by atoms with van der Waals surface area (Å²) in [6.45, 7) is 6.80. The van der Waals surface area contributed by atoms with Gasteiger partial charge in [-0.05, 0) is 43.0 Å². The fourth-order valence-corrected chi connectivity index (χ4v) is 3.29. The van der Waals surface area contributed by atoms with Crippen LogP contribution in [0.5, 0.6) is 5.75 Å². The molecule has 0 N–H and O–H groups in total. The maximum absolute atomic E-state index is 12.7. The van der Waals surface area contributed by atoms with Gasteiger partial charge in [0, 0.05) is 5.22 Å². The highest BCUT2D eigenvalue weighted by Gasteiger charge is 2.40. The molecule has 4 heteroatoms. The number of ether oxygens (including phenoxy) is 2. The lowest BCUT2D eigenvalue weighted by Gasteiger charge is -2.23. The molecule has 0 bridgehead atoms. The first kappa shape index (κ1) is 18.2. The van der Waals surface area contributed by atoms with Gasteiger partial charge in [0.05, 0.1) is 12.0 Å². The van der Waals surface area contributed by atoms with E-state index in [2.05, 4.69) is 13.8 Å². The van der Waals surface area contributed by atoms with Crippen LogP contribution < -0.4 is 15.3 Å². The van der Waals surface area contributed by atoms with E-state index in [9.17, 15) is 4.79 Å². The van der Waals surface area contributed by atoms with Crippen LogP contribution in [0.2, 0.25) is 0 Å². The average molecular weight is 351 g/mol. The van der Waals surface area contributed by atoms with E-state index < -0.39 is 5.54 Å². The molecular weight excluding hydrogens is 326 g/mol. The molecule has 1 aliphatic heterocycles. The molecule has 2 aromatic carbocycles. The summed E-state index contributed by atoms with van der Waals surface area (Å²) < 4.78 is 11.4. The zero-order valence-electron chi connectivity index (χ0n) is 15.6. The van der Waals surface area contributed by atoms with E-state index in [0.717, 1.165) is 21.9 Å². The van der Waals surface area contributed by atoms with Gasteiger partial charge in [-0.3, -0.25) is 4.99 Å². The summed E-state index contributed by atoms with van der Waals surface area (Å²) in [5.74, 6) is 0.756. The van der Waals surface area contributed by atoms with Gasteiger partial charge in [-0.25, -0.2) is 4.79 Å². The summed E-state index contributed by atoms with van der Waals surface area (Å²) in [4.78, 5) is 17.4. The molecule has 3 rings (SSSR count). The topological polar surface area (TPSA) is 47.9 Å². The number of carbonyl (C=O) groups is 1.